The van der Waals surface area contributed by atoms with Crippen molar-refractivity contribution in [1.82, 2.24) is 10.3 Å². The molecule has 3 aromatic rings. The molecule has 0 bridgehead atoms. The molecule has 3 nitrogen and oxygen atoms in total. The zero-order valence-electron chi connectivity index (χ0n) is 13.5. The van der Waals surface area contributed by atoms with Crippen LogP contribution in [0.2, 0.25) is 0 Å². The van der Waals surface area contributed by atoms with E-state index in [1.807, 2.05) is 37.4 Å². The first kappa shape index (κ1) is 14.9. The van der Waals surface area contributed by atoms with E-state index >= 15 is 0 Å². The number of hydrogen-bond acceptors (Lipinski definition) is 1. The fourth-order valence-electron chi connectivity index (χ4n) is 3.40. The SMILES string of the molecule is Cc1ccccc1C(=O)NCC1(c2c[nH]c3ccc(F)cc23)CC1. The molecule has 1 aliphatic rings. The van der Waals surface area contributed by atoms with Crippen LogP contribution in [-0.4, -0.2) is 17.4 Å². The lowest BCUT2D eigenvalue weighted by atomic mass is 9.95. The summed E-state index contributed by atoms with van der Waals surface area (Å²) in [5.41, 5.74) is 3.63. The van der Waals surface area contributed by atoms with Crippen molar-refractivity contribution in [1.29, 1.82) is 0 Å². The second-order valence-electron chi connectivity index (χ2n) is 6.67. The molecular weight excluding hydrogens is 303 g/mol. The normalized spacial score (nSPS) is 15.4. The molecule has 2 N–H and O–H groups in total. The third kappa shape index (κ3) is 2.48. The van der Waals surface area contributed by atoms with Crippen molar-refractivity contribution in [2.45, 2.75) is 25.2 Å². The van der Waals surface area contributed by atoms with E-state index in [4.69, 9.17) is 0 Å². The van der Waals surface area contributed by atoms with E-state index in [0.29, 0.717) is 12.1 Å². The molecule has 1 amide bonds. The number of aryl methyl sites for hydroxylation is 1. The minimum atomic E-state index is -0.233. The Labute approximate surface area is 139 Å². The Morgan fingerprint density at radius 3 is 2.79 bits per heavy atom. The fraction of sp³-hybridized carbons (Fsp3) is 0.250. The molecule has 0 atom stereocenters. The summed E-state index contributed by atoms with van der Waals surface area (Å²) in [6.07, 6.45) is 3.96. The summed E-state index contributed by atoms with van der Waals surface area (Å²) < 4.78 is 13.6. The maximum atomic E-state index is 13.6. The van der Waals surface area contributed by atoms with E-state index in [0.717, 1.165) is 34.9 Å². The highest BCUT2D eigenvalue weighted by molar-refractivity contribution is 5.95. The van der Waals surface area contributed by atoms with Gasteiger partial charge in [0.1, 0.15) is 5.82 Å². The molecule has 0 aliphatic heterocycles. The van der Waals surface area contributed by atoms with Crippen molar-refractivity contribution in [3.63, 3.8) is 0 Å². The summed E-state index contributed by atoms with van der Waals surface area (Å²) >= 11 is 0. The highest BCUT2D eigenvalue weighted by Gasteiger charge is 2.46. The molecule has 122 valence electrons. The molecule has 0 spiro atoms. The number of rotatable bonds is 4. The maximum Gasteiger partial charge on any atom is 0.251 e. The molecule has 1 fully saturated rings. The quantitative estimate of drug-likeness (QED) is 0.747. The number of amides is 1. The number of benzene rings is 2. The molecule has 1 aromatic heterocycles. The summed E-state index contributed by atoms with van der Waals surface area (Å²) in [6, 6.07) is 12.4. The van der Waals surface area contributed by atoms with Crippen LogP contribution in [0.25, 0.3) is 10.9 Å². The van der Waals surface area contributed by atoms with Gasteiger partial charge >= 0.3 is 0 Å². The van der Waals surface area contributed by atoms with Crippen molar-refractivity contribution >= 4 is 16.8 Å². The van der Waals surface area contributed by atoms with Gasteiger partial charge in [-0.15, -0.1) is 0 Å². The Morgan fingerprint density at radius 1 is 1.25 bits per heavy atom. The summed E-state index contributed by atoms with van der Waals surface area (Å²) in [5, 5.41) is 3.98. The monoisotopic (exact) mass is 322 g/mol. The number of aromatic amines is 1. The Balaban J connectivity index is 1.57. The van der Waals surface area contributed by atoms with Crippen molar-refractivity contribution in [2.24, 2.45) is 0 Å². The predicted molar refractivity (Wildman–Crippen MR) is 92.7 cm³/mol. The fourth-order valence-corrected chi connectivity index (χ4v) is 3.40. The lowest BCUT2D eigenvalue weighted by Gasteiger charge is -2.16. The van der Waals surface area contributed by atoms with E-state index in [9.17, 15) is 9.18 Å². The molecule has 1 saturated carbocycles. The van der Waals surface area contributed by atoms with Crippen molar-refractivity contribution in [2.75, 3.05) is 6.54 Å². The molecule has 24 heavy (non-hydrogen) atoms. The van der Waals surface area contributed by atoms with E-state index in [1.165, 1.54) is 6.07 Å². The summed E-state index contributed by atoms with van der Waals surface area (Å²) in [5.74, 6) is -0.284. The average Bonchev–Trinajstić information content (AvgIpc) is 3.25. The lowest BCUT2D eigenvalue weighted by molar-refractivity contribution is 0.0949. The first-order chi connectivity index (χ1) is 11.6. The highest BCUT2D eigenvalue weighted by Crippen LogP contribution is 2.50. The molecule has 1 aliphatic carbocycles. The first-order valence-corrected chi connectivity index (χ1v) is 8.20. The van der Waals surface area contributed by atoms with E-state index in [-0.39, 0.29) is 17.1 Å². The number of halogens is 1. The minimum absolute atomic E-state index is 0.0506. The smallest absolute Gasteiger partial charge is 0.251 e. The van der Waals surface area contributed by atoms with Crippen LogP contribution in [-0.2, 0) is 5.41 Å². The minimum Gasteiger partial charge on any atom is -0.361 e. The Kier molecular flexibility index (Phi) is 3.41. The number of aromatic nitrogens is 1. The third-order valence-electron chi connectivity index (χ3n) is 5.05. The van der Waals surface area contributed by atoms with Gasteiger partial charge in [0.25, 0.3) is 5.91 Å². The van der Waals surface area contributed by atoms with Gasteiger partial charge in [-0.3, -0.25) is 4.79 Å². The van der Waals surface area contributed by atoms with Crippen LogP contribution < -0.4 is 5.32 Å². The molecule has 0 saturated heterocycles. The Hall–Kier alpha value is -2.62. The van der Waals surface area contributed by atoms with Gasteiger partial charge in [0, 0.05) is 34.6 Å². The van der Waals surface area contributed by atoms with E-state index in [2.05, 4.69) is 10.3 Å². The highest BCUT2D eigenvalue weighted by atomic mass is 19.1. The van der Waals surface area contributed by atoms with Gasteiger partial charge in [0.05, 0.1) is 0 Å². The number of hydrogen-bond donors (Lipinski definition) is 2. The first-order valence-electron chi connectivity index (χ1n) is 8.20. The predicted octanol–water partition coefficient (Wildman–Crippen LogP) is 4.08. The van der Waals surface area contributed by atoms with Gasteiger partial charge < -0.3 is 10.3 Å². The molecule has 4 heteroatoms. The molecule has 2 aromatic carbocycles. The molecule has 0 unspecified atom stereocenters. The topological polar surface area (TPSA) is 44.9 Å². The van der Waals surface area contributed by atoms with Gasteiger partial charge in [0.15, 0.2) is 0 Å². The van der Waals surface area contributed by atoms with Gasteiger partial charge in [-0.2, -0.15) is 0 Å². The van der Waals surface area contributed by atoms with E-state index in [1.54, 1.807) is 12.1 Å². The van der Waals surface area contributed by atoms with Gasteiger partial charge in [0.2, 0.25) is 0 Å². The molecule has 1 heterocycles. The van der Waals surface area contributed by atoms with Crippen molar-refractivity contribution < 1.29 is 9.18 Å². The van der Waals surface area contributed by atoms with Crippen LogP contribution in [0.4, 0.5) is 4.39 Å². The van der Waals surface area contributed by atoms with Crippen LogP contribution in [0, 0.1) is 12.7 Å². The van der Waals surface area contributed by atoms with Crippen LogP contribution in [0.15, 0.2) is 48.7 Å². The van der Waals surface area contributed by atoms with Crippen molar-refractivity contribution in [3.8, 4) is 0 Å². The molecule has 0 radical (unpaired) electrons. The van der Waals surface area contributed by atoms with Crippen molar-refractivity contribution in [3.05, 3.63) is 71.2 Å². The van der Waals surface area contributed by atoms with E-state index < -0.39 is 0 Å². The summed E-state index contributed by atoms with van der Waals surface area (Å²) in [6.45, 7) is 2.51. The van der Waals surface area contributed by atoms with Gasteiger partial charge in [-0.25, -0.2) is 4.39 Å². The second-order valence-corrected chi connectivity index (χ2v) is 6.67. The molecule has 4 rings (SSSR count). The van der Waals surface area contributed by atoms with Crippen LogP contribution in [0.3, 0.4) is 0 Å². The van der Waals surface area contributed by atoms with Crippen LogP contribution in [0.5, 0.6) is 0 Å². The maximum absolute atomic E-state index is 13.6. The number of fused-ring (bicyclic) bond motifs is 1. The zero-order valence-corrected chi connectivity index (χ0v) is 13.5. The van der Waals surface area contributed by atoms with Gasteiger partial charge in [-0.05, 0) is 55.2 Å². The third-order valence-corrected chi connectivity index (χ3v) is 5.05. The van der Waals surface area contributed by atoms with Gasteiger partial charge in [-0.1, -0.05) is 18.2 Å². The largest absolute Gasteiger partial charge is 0.361 e. The zero-order chi connectivity index (χ0) is 16.7. The van der Waals surface area contributed by atoms with Crippen LogP contribution in [0.1, 0.15) is 34.3 Å². The second kappa shape index (κ2) is 5.48. The van der Waals surface area contributed by atoms with Crippen LogP contribution >= 0.6 is 0 Å². The Morgan fingerprint density at radius 2 is 2.04 bits per heavy atom. The summed E-state index contributed by atoms with van der Waals surface area (Å²) in [4.78, 5) is 15.7. The molecular formula is C20H19FN2O. The number of carbonyl (C=O) groups is 1. The average molecular weight is 322 g/mol. The standard InChI is InChI=1S/C20H19FN2O/c1-13-4-2-3-5-15(13)19(24)23-12-20(8-9-20)17-11-22-18-7-6-14(21)10-16(17)18/h2-7,10-11,22H,8-9,12H2,1H3,(H,23,24). The number of nitrogens with one attached hydrogen (secondary N) is 2. The number of carbonyl (C=O) groups excluding carboxylic acids is 1. The Bertz CT molecular complexity index is 924. The lowest BCUT2D eigenvalue weighted by Crippen LogP contribution is -2.32. The summed E-state index contributed by atoms with van der Waals surface area (Å²) in [7, 11) is 0. The number of H-pyrrole nitrogens is 1.